The van der Waals surface area contributed by atoms with Gasteiger partial charge in [0.1, 0.15) is 5.82 Å². The topological polar surface area (TPSA) is 65.5 Å². The molecular formula is C22H26Cl2N4O2. The van der Waals surface area contributed by atoms with Crippen LogP contribution in [0.25, 0.3) is 0 Å². The van der Waals surface area contributed by atoms with E-state index in [9.17, 15) is 9.59 Å². The highest BCUT2D eigenvalue weighted by Crippen LogP contribution is 2.23. The van der Waals surface area contributed by atoms with E-state index in [0.29, 0.717) is 53.9 Å². The monoisotopic (exact) mass is 448 g/mol. The van der Waals surface area contributed by atoms with Gasteiger partial charge < -0.3 is 15.1 Å². The first-order valence-electron chi connectivity index (χ1n) is 10.2. The van der Waals surface area contributed by atoms with Crippen LogP contribution in [-0.2, 0) is 0 Å². The number of rotatable bonds is 7. The number of aromatic nitrogens is 1. The van der Waals surface area contributed by atoms with Crippen LogP contribution >= 0.6 is 23.2 Å². The molecule has 6 nitrogen and oxygen atoms in total. The van der Waals surface area contributed by atoms with Crippen LogP contribution in [0, 0.1) is 0 Å². The van der Waals surface area contributed by atoms with Gasteiger partial charge in [-0.1, -0.05) is 43.0 Å². The summed E-state index contributed by atoms with van der Waals surface area (Å²) in [7, 11) is 0. The molecule has 30 heavy (non-hydrogen) atoms. The molecule has 3 rings (SSSR count). The molecule has 2 aromatic rings. The smallest absolute Gasteiger partial charge is 0.255 e. The van der Waals surface area contributed by atoms with Crippen LogP contribution < -0.4 is 10.2 Å². The number of amides is 2. The van der Waals surface area contributed by atoms with Gasteiger partial charge in [0.15, 0.2) is 0 Å². The van der Waals surface area contributed by atoms with Crippen molar-refractivity contribution < 1.29 is 9.59 Å². The Kier molecular flexibility index (Phi) is 7.94. The summed E-state index contributed by atoms with van der Waals surface area (Å²) in [5.41, 5.74) is 0.977. The van der Waals surface area contributed by atoms with Crippen molar-refractivity contribution in [3.8, 4) is 0 Å². The minimum Gasteiger partial charge on any atom is -0.353 e. The van der Waals surface area contributed by atoms with Crippen LogP contribution in [0.5, 0.6) is 0 Å². The van der Waals surface area contributed by atoms with Crippen molar-refractivity contribution in [2.75, 3.05) is 37.6 Å². The summed E-state index contributed by atoms with van der Waals surface area (Å²) < 4.78 is 0. The molecule has 1 aliphatic rings. The number of anilines is 1. The molecule has 0 saturated carbocycles. The van der Waals surface area contributed by atoms with E-state index < -0.39 is 0 Å². The lowest BCUT2D eigenvalue weighted by molar-refractivity contribution is 0.0746. The third kappa shape index (κ3) is 5.64. The fourth-order valence-electron chi connectivity index (χ4n) is 3.36. The molecule has 0 spiro atoms. The van der Waals surface area contributed by atoms with Crippen molar-refractivity contribution in [3.05, 3.63) is 57.7 Å². The van der Waals surface area contributed by atoms with Crippen molar-refractivity contribution >= 4 is 40.8 Å². The number of carbonyl (C=O) groups is 2. The maximum atomic E-state index is 12.8. The Labute approximate surface area is 187 Å². The number of nitrogens with one attached hydrogen (secondary N) is 1. The van der Waals surface area contributed by atoms with Crippen LogP contribution in [-0.4, -0.2) is 54.4 Å². The van der Waals surface area contributed by atoms with Gasteiger partial charge >= 0.3 is 0 Å². The standard InChI is InChI=1S/C22H26Cl2N4O2/c1-2-3-4-9-25-21(29)16-5-8-20(26-15-16)27-10-12-28(13-11-27)22(30)18-14-17(23)6-7-19(18)24/h5-8,14-15H,2-4,9-13H2,1H3,(H,25,29). The van der Waals surface area contributed by atoms with E-state index in [1.54, 1.807) is 35.4 Å². The Hall–Kier alpha value is -2.31. The summed E-state index contributed by atoms with van der Waals surface area (Å²) in [6.45, 7) is 5.23. The van der Waals surface area contributed by atoms with E-state index in [1.807, 2.05) is 6.07 Å². The van der Waals surface area contributed by atoms with Crippen LogP contribution in [0.2, 0.25) is 10.0 Å². The predicted octanol–water partition coefficient (Wildman–Crippen LogP) is 4.27. The van der Waals surface area contributed by atoms with Gasteiger partial charge in [-0.05, 0) is 36.8 Å². The molecule has 8 heteroatoms. The van der Waals surface area contributed by atoms with Gasteiger partial charge in [0.05, 0.1) is 16.1 Å². The summed E-state index contributed by atoms with van der Waals surface area (Å²) in [6, 6.07) is 8.55. The molecule has 0 unspecified atom stereocenters. The number of nitrogens with zero attached hydrogens (tertiary/aromatic N) is 3. The number of pyridine rings is 1. The fourth-order valence-corrected chi connectivity index (χ4v) is 3.73. The average molecular weight is 449 g/mol. The van der Waals surface area contributed by atoms with Gasteiger partial charge in [-0.15, -0.1) is 0 Å². The van der Waals surface area contributed by atoms with Gasteiger partial charge in [0.25, 0.3) is 11.8 Å². The van der Waals surface area contributed by atoms with Crippen molar-refractivity contribution in [1.82, 2.24) is 15.2 Å². The zero-order valence-corrected chi connectivity index (χ0v) is 18.5. The first-order chi connectivity index (χ1) is 14.5. The second kappa shape index (κ2) is 10.6. The summed E-state index contributed by atoms with van der Waals surface area (Å²) in [6.07, 6.45) is 4.82. The van der Waals surface area contributed by atoms with E-state index in [0.717, 1.165) is 25.1 Å². The SMILES string of the molecule is CCCCCNC(=O)c1ccc(N2CCN(C(=O)c3cc(Cl)ccc3Cl)CC2)nc1. The van der Waals surface area contributed by atoms with E-state index in [1.165, 1.54) is 0 Å². The Morgan fingerprint density at radius 2 is 1.83 bits per heavy atom. The lowest BCUT2D eigenvalue weighted by atomic mass is 10.1. The molecular weight excluding hydrogens is 423 g/mol. The van der Waals surface area contributed by atoms with Crippen LogP contribution in [0.3, 0.4) is 0 Å². The number of hydrogen-bond donors (Lipinski definition) is 1. The molecule has 1 N–H and O–H groups in total. The van der Waals surface area contributed by atoms with Gasteiger partial charge in [0, 0.05) is 43.9 Å². The van der Waals surface area contributed by atoms with E-state index >= 15 is 0 Å². The second-order valence-electron chi connectivity index (χ2n) is 7.27. The number of benzene rings is 1. The number of piperazine rings is 1. The van der Waals surface area contributed by atoms with Crippen molar-refractivity contribution in [1.29, 1.82) is 0 Å². The molecule has 1 fully saturated rings. The summed E-state index contributed by atoms with van der Waals surface area (Å²) in [5.74, 6) is 0.578. The molecule has 160 valence electrons. The maximum Gasteiger partial charge on any atom is 0.255 e. The van der Waals surface area contributed by atoms with Crippen LogP contribution in [0.4, 0.5) is 5.82 Å². The van der Waals surface area contributed by atoms with E-state index in [-0.39, 0.29) is 11.8 Å². The van der Waals surface area contributed by atoms with Gasteiger partial charge in [-0.3, -0.25) is 9.59 Å². The molecule has 0 radical (unpaired) electrons. The van der Waals surface area contributed by atoms with E-state index in [4.69, 9.17) is 23.2 Å². The lowest BCUT2D eigenvalue weighted by Crippen LogP contribution is -2.49. The third-order valence-electron chi connectivity index (χ3n) is 5.13. The van der Waals surface area contributed by atoms with Gasteiger partial charge in [-0.25, -0.2) is 4.98 Å². The number of unbranched alkanes of at least 4 members (excludes halogenated alkanes) is 2. The minimum absolute atomic E-state index is 0.0982. The molecule has 0 bridgehead atoms. The van der Waals surface area contributed by atoms with Crippen molar-refractivity contribution in [2.45, 2.75) is 26.2 Å². The van der Waals surface area contributed by atoms with Gasteiger partial charge in [-0.2, -0.15) is 0 Å². The molecule has 0 aliphatic carbocycles. The predicted molar refractivity (Wildman–Crippen MR) is 121 cm³/mol. The molecule has 1 aromatic carbocycles. The Balaban J connectivity index is 1.54. The number of halogens is 2. The highest BCUT2D eigenvalue weighted by molar-refractivity contribution is 6.35. The maximum absolute atomic E-state index is 12.8. The molecule has 2 amide bonds. The zero-order chi connectivity index (χ0) is 21.5. The Morgan fingerprint density at radius 3 is 2.50 bits per heavy atom. The summed E-state index contributed by atoms with van der Waals surface area (Å²) >= 11 is 12.2. The largest absolute Gasteiger partial charge is 0.353 e. The first-order valence-corrected chi connectivity index (χ1v) is 11.0. The van der Waals surface area contributed by atoms with Gasteiger partial charge in [0.2, 0.25) is 0 Å². The quantitative estimate of drug-likeness (QED) is 0.642. The summed E-state index contributed by atoms with van der Waals surface area (Å²) in [4.78, 5) is 33.3. The molecule has 0 atom stereocenters. The Bertz CT molecular complexity index is 881. The summed E-state index contributed by atoms with van der Waals surface area (Å²) in [5, 5.41) is 3.80. The highest BCUT2D eigenvalue weighted by Gasteiger charge is 2.24. The van der Waals surface area contributed by atoms with E-state index in [2.05, 4.69) is 22.1 Å². The normalized spacial score (nSPS) is 14.0. The van der Waals surface area contributed by atoms with Crippen LogP contribution in [0.15, 0.2) is 36.5 Å². The number of hydrogen-bond acceptors (Lipinski definition) is 4. The fraction of sp³-hybridized carbons (Fsp3) is 0.409. The van der Waals surface area contributed by atoms with Crippen LogP contribution in [0.1, 0.15) is 46.9 Å². The molecule has 1 aliphatic heterocycles. The molecule has 1 aromatic heterocycles. The third-order valence-corrected chi connectivity index (χ3v) is 5.69. The minimum atomic E-state index is -0.120. The lowest BCUT2D eigenvalue weighted by Gasteiger charge is -2.35. The number of carbonyl (C=O) groups excluding carboxylic acids is 2. The van der Waals surface area contributed by atoms with Crippen molar-refractivity contribution in [2.24, 2.45) is 0 Å². The zero-order valence-electron chi connectivity index (χ0n) is 17.0. The van der Waals surface area contributed by atoms with Crippen molar-refractivity contribution in [3.63, 3.8) is 0 Å². The highest BCUT2D eigenvalue weighted by atomic mass is 35.5. The Morgan fingerprint density at radius 1 is 1.07 bits per heavy atom. The molecule has 2 heterocycles. The first kappa shape index (κ1) is 22.4. The average Bonchev–Trinajstić information content (AvgIpc) is 2.78. The molecule has 1 saturated heterocycles. The second-order valence-corrected chi connectivity index (χ2v) is 8.12.